The maximum atomic E-state index is 12.1. The number of rotatable bonds is 4. The molecule has 0 aliphatic heterocycles. The monoisotopic (exact) mass is 360 g/mol. The fourth-order valence-corrected chi connectivity index (χ4v) is 3.56. The van der Waals surface area contributed by atoms with Crippen molar-refractivity contribution in [1.29, 1.82) is 0 Å². The van der Waals surface area contributed by atoms with Crippen molar-refractivity contribution in [3.63, 3.8) is 0 Å². The van der Waals surface area contributed by atoms with Crippen LogP contribution >= 0.6 is 0 Å². The summed E-state index contributed by atoms with van der Waals surface area (Å²) in [4.78, 5) is 31.4. The molecule has 3 aromatic heterocycles. The Morgan fingerprint density at radius 3 is 2.41 bits per heavy atom. The molecule has 2 N–H and O–H groups in total. The van der Waals surface area contributed by atoms with Crippen LogP contribution in [0.1, 0.15) is 25.7 Å². The molecule has 0 spiro atoms. The van der Waals surface area contributed by atoms with E-state index in [1.54, 1.807) is 35.9 Å². The zero-order valence-electron chi connectivity index (χ0n) is 14.8. The average Bonchev–Trinajstić information content (AvgIpc) is 3.23. The van der Waals surface area contributed by atoms with Crippen LogP contribution in [0, 0.1) is 0 Å². The molecule has 0 aromatic carbocycles. The Hall–Kier alpha value is -3.35. The van der Waals surface area contributed by atoms with Gasteiger partial charge in [0.25, 0.3) is 0 Å². The normalized spacial score (nSPS) is 14.2. The SMILES string of the molecule is NC(=O)N(c1cnc(-c2ccncc2)c(-c2cccnc2)n1)C1CCCC1. The third-order valence-corrected chi connectivity index (χ3v) is 4.82. The molecular weight excluding hydrogens is 340 g/mol. The Kier molecular flexibility index (Phi) is 4.74. The van der Waals surface area contributed by atoms with Gasteiger partial charge in [0, 0.05) is 42.0 Å². The van der Waals surface area contributed by atoms with Gasteiger partial charge in [0.1, 0.15) is 5.69 Å². The van der Waals surface area contributed by atoms with Gasteiger partial charge >= 0.3 is 6.03 Å². The molecule has 136 valence electrons. The first-order valence-corrected chi connectivity index (χ1v) is 9.00. The lowest BCUT2D eigenvalue weighted by Gasteiger charge is -2.26. The van der Waals surface area contributed by atoms with Crippen molar-refractivity contribution in [3.8, 4) is 22.5 Å². The fraction of sp³-hybridized carbons (Fsp3) is 0.250. The smallest absolute Gasteiger partial charge is 0.320 e. The highest BCUT2D eigenvalue weighted by Crippen LogP contribution is 2.32. The van der Waals surface area contributed by atoms with Crippen LogP contribution in [0.2, 0.25) is 0 Å². The van der Waals surface area contributed by atoms with Gasteiger partial charge in [-0.25, -0.2) is 9.78 Å². The Balaban J connectivity index is 1.84. The van der Waals surface area contributed by atoms with Crippen molar-refractivity contribution in [2.75, 3.05) is 4.90 Å². The lowest BCUT2D eigenvalue weighted by atomic mass is 10.1. The largest absolute Gasteiger partial charge is 0.351 e. The molecule has 0 radical (unpaired) electrons. The fourth-order valence-electron chi connectivity index (χ4n) is 3.56. The summed E-state index contributed by atoms with van der Waals surface area (Å²) in [5.74, 6) is 0.478. The van der Waals surface area contributed by atoms with Crippen molar-refractivity contribution in [2.24, 2.45) is 5.73 Å². The Bertz CT molecular complexity index is 926. The van der Waals surface area contributed by atoms with Gasteiger partial charge in [-0.2, -0.15) is 0 Å². The van der Waals surface area contributed by atoms with E-state index in [1.165, 1.54) is 0 Å². The van der Waals surface area contributed by atoms with E-state index in [1.807, 2.05) is 24.3 Å². The minimum atomic E-state index is -0.495. The third-order valence-electron chi connectivity index (χ3n) is 4.82. The first kappa shape index (κ1) is 17.1. The molecule has 0 unspecified atom stereocenters. The molecule has 0 bridgehead atoms. The first-order chi connectivity index (χ1) is 13.2. The number of nitrogens with zero attached hydrogens (tertiary/aromatic N) is 5. The lowest BCUT2D eigenvalue weighted by molar-refractivity contribution is 0.251. The standard InChI is InChI=1S/C20H20N6O/c21-20(27)26(16-5-1-2-6-16)17-13-24-18(14-7-10-22-11-8-14)19(25-17)15-4-3-9-23-12-15/h3-4,7-13,16H,1-2,5-6H2,(H2,21,27). The molecule has 1 aliphatic rings. The van der Waals surface area contributed by atoms with Gasteiger partial charge in [0.15, 0.2) is 5.82 Å². The quantitative estimate of drug-likeness (QED) is 0.768. The molecule has 4 rings (SSSR count). The van der Waals surface area contributed by atoms with Gasteiger partial charge in [-0.15, -0.1) is 0 Å². The summed E-state index contributed by atoms with van der Waals surface area (Å²) >= 11 is 0. The van der Waals surface area contributed by atoms with Gasteiger partial charge in [-0.3, -0.25) is 19.9 Å². The van der Waals surface area contributed by atoms with Crippen LogP contribution in [-0.2, 0) is 0 Å². The maximum Gasteiger partial charge on any atom is 0.320 e. The van der Waals surface area contributed by atoms with E-state index in [9.17, 15) is 4.79 Å². The first-order valence-electron chi connectivity index (χ1n) is 9.00. The topological polar surface area (TPSA) is 97.9 Å². The molecule has 7 heteroatoms. The van der Waals surface area contributed by atoms with Crippen LogP contribution in [0.25, 0.3) is 22.5 Å². The number of hydrogen-bond donors (Lipinski definition) is 1. The highest BCUT2D eigenvalue weighted by atomic mass is 16.2. The van der Waals surface area contributed by atoms with Crippen LogP contribution in [0.5, 0.6) is 0 Å². The number of carbonyl (C=O) groups excluding carboxylic acids is 1. The van der Waals surface area contributed by atoms with E-state index in [2.05, 4.69) is 15.0 Å². The van der Waals surface area contributed by atoms with Gasteiger partial charge < -0.3 is 5.73 Å². The zero-order chi connectivity index (χ0) is 18.6. The van der Waals surface area contributed by atoms with Crippen molar-refractivity contribution < 1.29 is 4.79 Å². The molecule has 3 heterocycles. The summed E-state index contributed by atoms with van der Waals surface area (Å²) in [5.41, 5.74) is 8.79. The zero-order valence-corrected chi connectivity index (χ0v) is 14.8. The Labute approximate surface area is 157 Å². The Morgan fingerprint density at radius 2 is 1.74 bits per heavy atom. The minimum absolute atomic E-state index is 0.0744. The van der Waals surface area contributed by atoms with Crippen molar-refractivity contribution in [2.45, 2.75) is 31.7 Å². The summed E-state index contributed by atoms with van der Waals surface area (Å²) in [6.45, 7) is 0. The maximum absolute atomic E-state index is 12.1. The van der Waals surface area contributed by atoms with E-state index in [4.69, 9.17) is 10.7 Å². The van der Waals surface area contributed by atoms with Gasteiger partial charge in [-0.05, 0) is 37.1 Å². The van der Waals surface area contributed by atoms with Crippen LogP contribution in [0.3, 0.4) is 0 Å². The lowest BCUT2D eigenvalue weighted by Crippen LogP contribution is -2.43. The number of amides is 2. The van der Waals surface area contributed by atoms with Crippen LogP contribution in [0.4, 0.5) is 10.6 Å². The number of hydrogen-bond acceptors (Lipinski definition) is 5. The molecule has 0 atom stereocenters. The number of aromatic nitrogens is 4. The second-order valence-electron chi connectivity index (χ2n) is 6.55. The van der Waals surface area contributed by atoms with Gasteiger partial charge in [-0.1, -0.05) is 12.8 Å². The highest BCUT2D eigenvalue weighted by molar-refractivity contribution is 5.91. The van der Waals surface area contributed by atoms with Gasteiger partial charge in [0.05, 0.1) is 11.9 Å². The molecule has 1 saturated carbocycles. The van der Waals surface area contributed by atoms with Crippen molar-refractivity contribution >= 4 is 11.8 Å². The molecule has 2 amide bonds. The third kappa shape index (κ3) is 3.48. The predicted octanol–water partition coefficient (Wildman–Crippen LogP) is 3.43. The van der Waals surface area contributed by atoms with Crippen LogP contribution in [0.15, 0.2) is 55.2 Å². The molecule has 27 heavy (non-hydrogen) atoms. The van der Waals surface area contributed by atoms with Crippen molar-refractivity contribution in [1.82, 2.24) is 19.9 Å². The summed E-state index contributed by atoms with van der Waals surface area (Å²) in [6, 6.07) is 7.12. The molecule has 1 aliphatic carbocycles. The van der Waals surface area contributed by atoms with Gasteiger partial charge in [0.2, 0.25) is 0 Å². The number of pyridine rings is 2. The second-order valence-corrected chi connectivity index (χ2v) is 6.55. The van der Waals surface area contributed by atoms with E-state index in [-0.39, 0.29) is 6.04 Å². The number of nitrogens with two attached hydrogens (primary N) is 1. The summed E-state index contributed by atoms with van der Waals surface area (Å²) in [7, 11) is 0. The summed E-state index contributed by atoms with van der Waals surface area (Å²) < 4.78 is 0. The van der Waals surface area contributed by atoms with Crippen LogP contribution in [-0.4, -0.2) is 32.0 Å². The molecule has 1 fully saturated rings. The van der Waals surface area contributed by atoms with Crippen molar-refractivity contribution in [3.05, 3.63) is 55.2 Å². The van der Waals surface area contributed by atoms with E-state index in [0.29, 0.717) is 17.2 Å². The van der Waals surface area contributed by atoms with E-state index < -0.39 is 6.03 Å². The molecular formula is C20H20N6O. The van der Waals surface area contributed by atoms with E-state index >= 15 is 0 Å². The minimum Gasteiger partial charge on any atom is -0.351 e. The number of primary amides is 1. The number of carbonyl (C=O) groups is 1. The molecule has 3 aromatic rings. The predicted molar refractivity (Wildman–Crippen MR) is 103 cm³/mol. The average molecular weight is 360 g/mol. The number of urea groups is 1. The highest BCUT2D eigenvalue weighted by Gasteiger charge is 2.28. The molecule has 7 nitrogen and oxygen atoms in total. The molecule has 0 saturated heterocycles. The number of anilines is 1. The van der Waals surface area contributed by atoms with E-state index in [0.717, 1.165) is 36.8 Å². The summed E-state index contributed by atoms with van der Waals surface area (Å²) in [6.07, 6.45) is 12.5. The van der Waals surface area contributed by atoms with Crippen LogP contribution < -0.4 is 10.6 Å². The second kappa shape index (κ2) is 7.49. The Morgan fingerprint density at radius 1 is 0.963 bits per heavy atom. The summed E-state index contributed by atoms with van der Waals surface area (Å²) in [5, 5.41) is 0.